The van der Waals surface area contributed by atoms with E-state index in [0.717, 1.165) is 33.3 Å². The number of fused-ring (bicyclic) bond motifs is 1. The molecule has 0 amide bonds. The van der Waals surface area contributed by atoms with Crippen LogP contribution in [0.2, 0.25) is 0 Å². The first kappa shape index (κ1) is 13.6. The number of aromatic nitrogens is 1. The first-order valence-corrected chi connectivity index (χ1v) is 6.87. The van der Waals surface area contributed by atoms with Gasteiger partial charge in [0.05, 0.1) is 12.6 Å². The molecule has 0 saturated heterocycles. The van der Waals surface area contributed by atoms with E-state index in [2.05, 4.69) is 4.98 Å². The van der Waals surface area contributed by atoms with Gasteiger partial charge in [-0.15, -0.1) is 0 Å². The maximum atomic E-state index is 10.7. The average molecular weight is 279 g/mol. The number of methoxy groups -OCH3 is 1. The summed E-state index contributed by atoms with van der Waals surface area (Å²) in [7, 11) is 1.64. The lowest BCUT2D eigenvalue weighted by molar-refractivity contribution is 0.221. The van der Waals surface area contributed by atoms with Gasteiger partial charge in [0.2, 0.25) is 0 Å². The van der Waals surface area contributed by atoms with E-state index in [1.807, 2.05) is 55.5 Å². The fraction of sp³-hybridized carbons (Fsp3) is 0.167. The third-order valence-corrected chi connectivity index (χ3v) is 3.72. The fourth-order valence-electron chi connectivity index (χ4n) is 2.55. The number of aliphatic hydroxyl groups excluding tert-OH is 1. The molecular weight excluding hydrogens is 262 g/mol. The van der Waals surface area contributed by atoms with Crippen LogP contribution in [-0.2, 0) is 0 Å². The number of aliphatic hydroxyl groups is 1. The highest BCUT2D eigenvalue weighted by Crippen LogP contribution is 2.30. The number of benzene rings is 2. The predicted molar refractivity (Wildman–Crippen MR) is 83.5 cm³/mol. The van der Waals surface area contributed by atoms with E-state index in [1.54, 1.807) is 13.3 Å². The number of aryl methyl sites for hydroxylation is 1. The van der Waals surface area contributed by atoms with E-state index in [1.165, 1.54) is 0 Å². The summed E-state index contributed by atoms with van der Waals surface area (Å²) in [4.78, 5) is 4.33. The standard InChI is InChI=1S/C18H17NO2/c1-12-8-9-13(11-17(12)21-2)18(20)15-5-3-7-16-14(15)6-4-10-19-16/h3-11,18,20H,1-2H3. The molecule has 3 nitrogen and oxygen atoms in total. The second kappa shape index (κ2) is 5.54. The Morgan fingerprint density at radius 1 is 1.10 bits per heavy atom. The summed E-state index contributed by atoms with van der Waals surface area (Å²) in [5.41, 5.74) is 3.60. The normalized spacial score (nSPS) is 12.3. The molecule has 1 atom stereocenters. The molecule has 21 heavy (non-hydrogen) atoms. The van der Waals surface area contributed by atoms with Crippen molar-refractivity contribution in [3.63, 3.8) is 0 Å². The number of hydrogen-bond acceptors (Lipinski definition) is 3. The van der Waals surface area contributed by atoms with Crippen LogP contribution in [0, 0.1) is 6.92 Å². The van der Waals surface area contributed by atoms with Crippen molar-refractivity contribution in [3.05, 3.63) is 71.4 Å². The second-order valence-electron chi connectivity index (χ2n) is 5.05. The topological polar surface area (TPSA) is 42.4 Å². The summed E-state index contributed by atoms with van der Waals surface area (Å²) in [6, 6.07) is 15.4. The Balaban J connectivity index is 2.10. The van der Waals surface area contributed by atoms with E-state index in [9.17, 15) is 5.11 Å². The smallest absolute Gasteiger partial charge is 0.122 e. The molecule has 2 aromatic carbocycles. The Bertz CT molecular complexity index is 778. The van der Waals surface area contributed by atoms with Crippen LogP contribution in [0.3, 0.4) is 0 Å². The van der Waals surface area contributed by atoms with Gasteiger partial charge in [0.25, 0.3) is 0 Å². The van der Waals surface area contributed by atoms with Crippen LogP contribution in [0.4, 0.5) is 0 Å². The van der Waals surface area contributed by atoms with E-state index >= 15 is 0 Å². The van der Waals surface area contributed by atoms with Crippen LogP contribution in [0.1, 0.15) is 22.8 Å². The molecule has 1 unspecified atom stereocenters. The maximum absolute atomic E-state index is 10.7. The van der Waals surface area contributed by atoms with Crippen molar-refractivity contribution in [1.82, 2.24) is 4.98 Å². The lowest BCUT2D eigenvalue weighted by Gasteiger charge is -2.15. The Morgan fingerprint density at radius 3 is 2.76 bits per heavy atom. The quantitative estimate of drug-likeness (QED) is 0.796. The number of ether oxygens (including phenoxy) is 1. The van der Waals surface area contributed by atoms with Gasteiger partial charge in [-0.1, -0.05) is 30.3 Å². The van der Waals surface area contributed by atoms with Gasteiger partial charge in [0.15, 0.2) is 0 Å². The number of nitrogens with zero attached hydrogens (tertiary/aromatic N) is 1. The number of pyridine rings is 1. The van der Waals surface area contributed by atoms with Gasteiger partial charge < -0.3 is 9.84 Å². The third-order valence-electron chi connectivity index (χ3n) is 3.72. The summed E-state index contributed by atoms with van der Waals surface area (Å²) < 4.78 is 5.34. The molecule has 1 heterocycles. The fourth-order valence-corrected chi connectivity index (χ4v) is 2.55. The maximum Gasteiger partial charge on any atom is 0.122 e. The zero-order chi connectivity index (χ0) is 14.8. The Morgan fingerprint density at radius 2 is 1.95 bits per heavy atom. The van der Waals surface area contributed by atoms with Crippen molar-refractivity contribution < 1.29 is 9.84 Å². The molecule has 106 valence electrons. The minimum Gasteiger partial charge on any atom is -0.496 e. The molecular formula is C18H17NO2. The lowest BCUT2D eigenvalue weighted by Crippen LogP contribution is -2.02. The van der Waals surface area contributed by atoms with Crippen LogP contribution in [-0.4, -0.2) is 17.2 Å². The molecule has 3 rings (SSSR count). The molecule has 0 aliphatic heterocycles. The van der Waals surface area contributed by atoms with E-state index in [0.29, 0.717) is 0 Å². The van der Waals surface area contributed by atoms with E-state index in [-0.39, 0.29) is 0 Å². The Hall–Kier alpha value is -2.39. The van der Waals surface area contributed by atoms with Crippen molar-refractivity contribution in [1.29, 1.82) is 0 Å². The largest absolute Gasteiger partial charge is 0.496 e. The molecule has 3 aromatic rings. The van der Waals surface area contributed by atoms with Gasteiger partial charge in [-0.2, -0.15) is 0 Å². The van der Waals surface area contributed by atoms with Crippen LogP contribution < -0.4 is 4.74 Å². The molecule has 1 N–H and O–H groups in total. The zero-order valence-corrected chi connectivity index (χ0v) is 12.1. The highest BCUT2D eigenvalue weighted by molar-refractivity contribution is 5.82. The first-order chi connectivity index (χ1) is 10.2. The molecule has 3 heteroatoms. The molecule has 0 radical (unpaired) electrons. The summed E-state index contributed by atoms with van der Waals surface area (Å²) in [6.45, 7) is 1.98. The molecule has 0 aliphatic carbocycles. The third kappa shape index (κ3) is 2.48. The SMILES string of the molecule is COc1cc(C(O)c2cccc3ncccc23)ccc1C. The zero-order valence-electron chi connectivity index (χ0n) is 12.1. The van der Waals surface area contributed by atoms with E-state index < -0.39 is 6.10 Å². The number of hydrogen-bond donors (Lipinski definition) is 1. The summed E-state index contributed by atoms with van der Waals surface area (Å²) >= 11 is 0. The Kier molecular flexibility index (Phi) is 3.59. The monoisotopic (exact) mass is 279 g/mol. The molecule has 0 aliphatic rings. The van der Waals surface area contributed by atoms with Crippen LogP contribution in [0.25, 0.3) is 10.9 Å². The molecule has 0 spiro atoms. The number of rotatable bonds is 3. The van der Waals surface area contributed by atoms with Gasteiger partial charge in [-0.25, -0.2) is 0 Å². The van der Waals surface area contributed by atoms with Gasteiger partial charge in [-0.05, 0) is 41.8 Å². The van der Waals surface area contributed by atoms with Crippen LogP contribution in [0.15, 0.2) is 54.7 Å². The minimum atomic E-state index is -0.701. The van der Waals surface area contributed by atoms with Crippen molar-refractivity contribution in [2.45, 2.75) is 13.0 Å². The average Bonchev–Trinajstić information content (AvgIpc) is 2.54. The lowest BCUT2D eigenvalue weighted by atomic mass is 9.96. The van der Waals surface area contributed by atoms with Crippen molar-refractivity contribution in [2.75, 3.05) is 7.11 Å². The highest BCUT2D eigenvalue weighted by Gasteiger charge is 2.15. The van der Waals surface area contributed by atoms with Crippen molar-refractivity contribution in [3.8, 4) is 5.75 Å². The van der Waals surface area contributed by atoms with Gasteiger partial charge in [0.1, 0.15) is 11.9 Å². The predicted octanol–water partition coefficient (Wildman–Crippen LogP) is 3.63. The minimum absolute atomic E-state index is 0.701. The van der Waals surface area contributed by atoms with Gasteiger partial charge >= 0.3 is 0 Å². The van der Waals surface area contributed by atoms with Crippen molar-refractivity contribution in [2.24, 2.45) is 0 Å². The molecule has 0 fully saturated rings. The van der Waals surface area contributed by atoms with Crippen molar-refractivity contribution >= 4 is 10.9 Å². The summed E-state index contributed by atoms with van der Waals surface area (Å²) in [5.74, 6) is 0.782. The highest BCUT2D eigenvalue weighted by atomic mass is 16.5. The summed E-state index contributed by atoms with van der Waals surface area (Å²) in [5, 5.41) is 11.7. The molecule has 0 bridgehead atoms. The Labute approximate surface area is 123 Å². The van der Waals surface area contributed by atoms with Gasteiger partial charge in [-0.3, -0.25) is 4.98 Å². The second-order valence-corrected chi connectivity index (χ2v) is 5.05. The van der Waals surface area contributed by atoms with Crippen LogP contribution in [0.5, 0.6) is 5.75 Å². The van der Waals surface area contributed by atoms with Gasteiger partial charge in [0, 0.05) is 11.6 Å². The summed E-state index contributed by atoms with van der Waals surface area (Å²) in [6.07, 6.45) is 1.06. The molecule has 0 saturated carbocycles. The van der Waals surface area contributed by atoms with E-state index in [4.69, 9.17) is 4.74 Å². The molecule has 1 aromatic heterocycles. The first-order valence-electron chi connectivity index (χ1n) is 6.87. The van der Waals surface area contributed by atoms with Crippen LogP contribution >= 0.6 is 0 Å².